The first-order chi connectivity index (χ1) is 13.9. The van der Waals surface area contributed by atoms with Crippen molar-refractivity contribution in [2.75, 3.05) is 18.0 Å². The first-order valence-corrected chi connectivity index (χ1v) is 9.77. The number of nitro benzene ring substituents is 1. The zero-order chi connectivity index (χ0) is 20.3. The van der Waals surface area contributed by atoms with E-state index in [0.717, 1.165) is 23.3 Å². The van der Waals surface area contributed by atoms with E-state index in [1.54, 1.807) is 23.0 Å². The Labute approximate surface area is 172 Å². The van der Waals surface area contributed by atoms with Crippen LogP contribution < -0.4 is 4.90 Å². The average molecular weight is 459 g/mol. The number of halogens is 1. The Morgan fingerprint density at radius 2 is 2.07 bits per heavy atom. The van der Waals surface area contributed by atoms with Gasteiger partial charge in [-0.05, 0) is 34.5 Å². The number of pyridine rings is 1. The fourth-order valence-electron chi connectivity index (χ4n) is 4.25. The van der Waals surface area contributed by atoms with Gasteiger partial charge in [0.05, 0.1) is 28.2 Å². The van der Waals surface area contributed by atoms with E-state index in [-0.39, 0.29) is 17.8 Å². The third-order valence-electron chi connectivity index (χ3n) is 5.58. The van der Waals surface area contributed by atoms with Crippen molar-refractivity contribution in [2.24, 2.45) is 0 Å². The number of carboxylic acid groups (broad SMARTS) is 1. The summed E-state index contributed by atoms with van der Waals surface area (Å²) in [6.07, 6.45) is 1.58. The van der Waals surface area contributed by atoms with Gasteiger partial charge in [-0.2, -0.15) is 5.10 Å². The van der Waals surface area contributed by atoms with Crippen molar-refractivity contribution in [3.8, 4) is 5.69 Å². The molecule has 11 heteroatoms. The highest BCUT2D eigenvalue weighted by molar-refractivity contribution is 9.10. The fourth-order valence-corrected chi connectivity index (χ4v) is 4.75. The van der Waals surface area contributed by atoms with Gasteiger partial charge < -0.3 is 14.9 Å². The SMILES string of the molecule is O=C(O)N1C[C@@H]2C[C@H]1CN2c1cc(-n2nc(Br)c3ccc([N+](=O)[O-])cc32)ccn1. The summed E-state index contributed by atoms with van der Waals surface area (Å²) >= 11 is 3.42. The summed E-state index contributed by atoms with van der Waals surface area (Å²) in [6, 6.07) is 8.36. The normalized spacial score (nSPS) is 20.6. The van der Waals surface area contributed by atoms with Crippen LogP contribution in [0.1, 0.15) is 6.42 Å². The van der Waals surface area contributed by atoms with E-state index in [0.29, 0.717) is 23.2 Å². The Morgan fingerprint density at radius 1 is 1.24 bits per heavy atom. The number of benzene rings is 1. The summed E-state index contributed by atoms with van der Waals surface area (Å²) in [5.74, 6) is 0.741. The second-order valence-corrected chi connectivity index (χ2v) is 7.92. The van der Waals surface area contributed by atoms with Crippen LogP contribution in [0.4, 0.5) is 16.3 Å². The van der Waals surface area contributed by atoms with E-state index in [9.17, 15) is 20.0 Å². The van der Waals surface area contributed by atoms with Crippen LogP contribution in [0.3, 0.4) is 0 Å². The molecule has 2 aliphatic rings. The molecule has 148 valence electrons. The lowest BCUT2D eigenvalue weighted by Crippen LogP contribution is -2.48. The van der Waals surface area contributed by atoms with E-state index in [2.05, 4.69) is 30.9 Å². The molecule has 2 saturated heterocycles. The van der Waals surface area contributed by atoms with E-state index in [1.165, 1.54) is 17.0 Å². The zero-order valence-electron chi connectivity index (χ0n) is 15.0. The van der Waals surface area contributed by atoms with Crippen LogP contribution in [0.2, 0.25) is 0 Å². The molecule has 0 saturated carbocycles. The van der Waals surface area contributed by atoms with Crippen molar-refractivity contribution in [2.45, 2.75) is 18.5 Å². The van der Waals surface area contributed by atoms with E-state index in [1.807, 2.05) is 6.07 Å². The van der Waals surface area contributed by atoms with Crippen LogP contribution in [-0.4, -0.2) is 61.0 Å². The van der Waals surface area contributed by atoms with Crippen molar-refractivity contribution < 1.29 is 14.8 Å². The molecule has 1 N–H and O–H groups in total. The molecule has 2 aliphatic heterocycles. The van der Waals surface area contributed by atoms with Crippen molar-refractivity contribution >= 4 is 44.4 Å². The highest BCUT2D eigenvalue weighted by Gasteiger charge is 2.45. The van der Waals surface area contributed by atoms with Crippen molar-refractivity contribution in [3.63, 3.8) is 0 Å². The smallest absolute Gasteiger partial charge is 0.407 e. The Bertz CT molecular complexity index is 1160. The summed E-state index contributed by atoms with van der Waals surface area (Å²) in [6.45, 7) is 1.07. The van der Waals surface area contributed by atoms with Gasteiger partial charge in [0.2, 0.25) is 0 Å². The molecule has 3 aromatic rings. The first-order valence-electron chi connectivity index (χ1n) is 8.97. The summed E-state index contributed by atoms with van der Waals surface area (Å²) in [7, 11) is 0. The number of piperazine rings is 1. The monoisotopic (exact) mass is 458 g/mol. The number of carbonyl (C=O) groups is 1. The van der Waals surface area contributed by atoms with E-state index < -0.39 is 11.0 Å². The van der Waals surface area contributed by atoms with Crippen molar-refractivity contribution in [3.05, 3.63) is 51.2 Å². The van der Waals surface area contributed by atoms with E-state index in [4.69, 9.17) is 0 Å². The third-order valence-corrected chi connectivity index (χ3v) is 6.17. The Kier molecular flexibility index (Phi) is 3.95. The second kappa shape index (κ2) is 6.41. The molecule has 1 amide bonds. The minimum Gasteiger partial charge on any atom is -0.465 e. The molecule has 29 heavy (non-hydrogen) atoms. The molecule has 0 radical (unpaired) electrons. The maximum atomic E-state index is 11.3. The number of nitrogens with zero attached hydrogens (tertiary/aromatic N) is 6. The molecule has 2 atom stereocenters. The Hall–Kier alpha value is -3.21. The largest absolute Gasteiger partial charge is 0.465 e. The standard InChI is InChI=1S/C18H15BrN6O4/c19-17-14-2-1-11(25(28)29)6-15(14)24(21-17)10-3-4-20-16(7-10)22-8-13-5-12(22)9-23(13)18(26)27/h1-4,6-7,12-13H,5,8-9H2,(H,26,27)/t12-,13-/m0/s1. The Balaban J connectivity index is 1.52. The van der Waals surface area contributed by atoms with Crippen LogP contribution in [0.25, 0.3) is 16.6 Å². The maximum absolute atomic E-state index is 11.3. The number of fused-ring (bicyclic) bond motifs is 3. The molecule has 1 aromatic carbocycles. The maximum Gasteiger partial charge on any atom is 0.407 e. The van der Waals surface area contributed by atoms with Crippen molar-refractivity contribution in [1.82, 2.24) is 19.7 Å². The molecule has 10 nitrogen and oxygen atoms in total. The molecule has 4 heterocycles. The molecule has 0 spiro atoms. The van der Waals surface area contributed by atoms with E-state index >= 15 is 0 Å². The number of anilines is 1. The Morgan fingerprint density at radius 3 is 2.76 bits per heavy atom. The first kappa shape index (κ1) is 17.9. The zero-order valence-corrected chi connectivity index (χ0v) is 16.6. The number of non-ortho nitro benzene ring substituents is 1. The number of likely N-dealkylation sites (tertiary alicyclic amines) is 1. The van der Waals surface area contributed by atoms with Gasteiger partial charge in [-0.3, -0.25) is 10.1 Å². The number of rotatable bonds is 3. The average Bonchev–Trinajstić information content (AvgIpc) is 3.40. The van der Waals surface area contributed by atoms with Gasteiger partial charge in [0.1, 0.15) is 10.4 Å². The van der Waals surface area contributed by atoms with Crippen LogP contribution in [0.15, 0.2) is 41.1 Å². The lowest BCUT2D eigenvalue weighted by atomic mass is 10.2. The van der Waals surface area contributed by atoms with Crippen LogP contribution in [-0.2, 0) is 0 Å². The van der Waals surface area contributed by atoms with Gasteiger partial charge >= 0.3 is 6.09 Å². The minimum atomic E-state index is -0.881. The van der Waals surface area contributed by atoms with Gasteiger partial charge in [-0.25, -0.2) is 14.5 Å². The quantitative estimate of drug-likeness (QED) is 0.473. The van der Waals surface area contributed by atoms with Crippen LogP contribution in [0, 0.1) is 10.1 Å². The topological polar surface area (TPSA) is 118 Å². The number of hydrogen-bond acceptors (Lipinski definition) is 6. The predicted molar refractivity (Wildman–Crippen MR) is 107 cm³/mol. The molecule has 5 rings (SSSR count). The van der Waals surface area contributed by atoms with Gasteiger partial charge in [-0.15, -0.1) is 0 Å². The molecule has 0 aliphatic carbocycles. The summed E-state index contributed by atoms with van der Waals surface area (Å²) in [4.78, 5) is 30.1. The van der Waals surface area contributed by atoms with Crippen molar-refractivity contribution in [1.29, 1.82) is 0 Å². The van der Waals surface area contributed by atoms with Gasteiger partial charge in [0.25, 0.3) is 5.69 Å². The molecule has 0 unspecified atom stereocenters. The minimum absolute atomic E-state index is 0.00829. The van der Waals surface area contributed by atoms with Crippen LogP contribution >= 0.6 is 15.9 Å². The van der Waals surface area contributed by atoms with Gasteiger partial charge in [-0.1, -0.05) is 0 Å². The van der Waals surface area contributed by atoms with Gasteiger partial charge in [0, 0.05) is 42.9 Å². The highest BCUT2D eigenvalue weighted by atomic mass is 79.9. The fraction of sp³-hybridized carbons (Fsp3) is 0.278. The summed E-state index contributed by atoms with van der Waals surface area (Å²) in [5.41, 5.74) is 1.33. The third kappa shape index (κ3) is 2.80. The molecular formula is C18H15BrN6O4. The number of amides is 1. The van der Waals surface area contributed by atoms with Gasteiger partial charge in [0.15, 0.2) is 0 Å². The second-order valence-electron chi connectivity index (χ2n) is 7.16. The lowest BCUT2D eigenvalue weighted by molar-refractivity contribution is -0.384. The molecule has 2 aromatic heterocycles. The lowest BCUT2D eigenvalue weighted by Gasteiger charge is -2.33. The molecular weight excluding hydrogens is 444 g/mol. The molecule has 2 fully saturated rings. The summed E-state index contributed by atoms with van der Waals surface area (Å²) < 4.78 is 2.24. The molecule has 2 bridgehead atoms. The predicted octanol–water partition coefficient (Wildman–Crippen LogP) is 3.03. The highest BCUT2D eigenvalue weighted by Crippen LogP contribution is 2.35. The number of hydrogen-bond donors (Lipinski definition) is 1. The summed E-state index contributed by atoms with van der Waals surface area (Å²) in [5, 5.41) is 25.7. The number of nitro groups is 1. The van der Waals surface area contributed by atoms with Crippen LogP contribution in [0.5, 0.6) is 0 Å². The number of aromatic nitrogens is 3.